The lowest BCUT2D eigenvalue weighted by Gasteiger charge is -2.06. The molecule has 5 nitrogen and oxygen atoms in total. The van der Waals surface area contributed by atoms with E-state index in [-0.39, 0.29) is 5.69 Å². The van der Waals surface area contributed by atoms with Crippen LogP contribution in [0.1, 0.15) is 10.5 Å². The first-order chi connectivity index (χ1) is 8.50. The van der Waals surface area contributed by atoms with E-state index in [1.54, 1.807) is 0 Å². The highest BCUT2D eigenvalue weighted by molar-refractivity contribution is 5.90. The number of hydrogen-bond acceptors (Lipinski definition) is 3. The van der Waals surface area contributed by atoms with E-state index < -0.39 is 28.8 Å². The zero-order valence-corrected chi connectivity index (χ0v) is 8.93. The Kier molecular flexibility index (Phi) is 2.88. The lowest BCUT2D eigenvalue weighted by Crippen LogP contribution is -2.29. The molecule has 2 rings (SSSR count). The Bertz CT molecular complexity index is 682. The van der Waals surface area contributed by atoms with Crippen molar-refractivity contribution in [3.63, 3.8) is 0 Å². The van der Waals surface area contributed by atoms with E-state index in [0.29, 0.717) is 0 Å². The Hall–Kier alpha value is -2.57. The third-order valence-corrected chi connectivity index (χ3v) is 2.26. The van der Waals surface area contributed by atoms with Crippen LogP contribution in [0.25, 0.3) is 5.69 Å². The fourth-order valence-corrected chi connectivity index (χ4v) is 1.42. The van der Waals surface area contributed by atoms with Crippen molar-refractivity contribution in [1.29, 1.82) is 0 Å². The van der Waals surface area contributed by atoms with E-state index in [1.165, 1.54) is 18.5 Å². The molecular weight excluding hydrogens is 244 g/mol. The molecule has 1 aromatic heterocycles. The van der Waals surface area contributed by atoms with Crippen LogP contribution in [0.3, 0.4) is 0 Å². The Balaban J connectivity index is 2.65. The number of primary amides is 1. The fraction of sp³-hybridized carbons (Fsp3) is 0. The van der Waals surface area contributed by atoms with Crippen molar-refractivity contribution in [3.8, 4) is 5.69 Å². The normalized spacial score (nSPS) is 10.3. The second-order valence-electron chi connectivity index (χ2n) is 3.41. The summed E-state index contributed by atoms with van der Waals surface area (Å²) in [5, 5.41) is 0. The summed E-state index contributed by atoms with van der Waals surface area (Å²) in [6.07, 6.45) is 2.39. The van der Waals surface area contributed by atoms with Crippen molar-refractivity contribution in [1.82, 2.24) is 9.55 Å². The third-order valence-electron chi connectivity index (χ3n) is 2.26. The predicted molar refractivity (Wildman–Crippen MR) is 58.3 cm³/mol. The molecule has 92 valence electrons. The molecule has 0 spiro atoms. The van der Waals surface area contributed by atoms with E-state index in [2.05, 4.69) is 4.98 Å². The van der Waals surface area contributed by atoms with Gasteiger partial charge in [-0.15, -0.1) is 0 Å². The number of halogens is 2. The summed E-state index contributed by atoms with van der Waals surface area (Å²) in [5.74, 6) is -3.12. The van der Waals surface area contributed by atoms with E-state index >= 15 is 0 Å². The quantitative estimate of drug-likeness (QED) is 0.849. The van der Waals surface area contributed by atoms with Gasteiger partial charge in [0, 0.05) is 18.5 Å². The molecule has 0 bridgehead atoms. The van der Waals surface area contributed by atoms with Crippen LogP contribution in [-0.4, -0.2) is 15.5 Å². The summed E-state index contributed by atoms with van der Waals surface area (Å²) < 4.78 is 26.8. The van der Waals surface area contributed by atoms with E-state index in [4.69, 9.17) is 5.73 Å². The van der Waals surface area contributed by atoms with Gasteiger partial charge in [0.15, 0.2) is 17.3 Å². The lowest BCUT2D eigenvalue weighted by molar-refractivity contribution is 0.0993. The standard InChI is InChI=1S/C11H7F2N3O2/c12-7-2-1-6(5-8(7)13)16-4-3-15-9(10(14)17)11(16)18/h1-5H,(H2,14,17). The van der Waals surface area contributed by atoms with E-state index in [1.807, 2.05) is 0 Å². The van der Waals surface area contributed by atoms with Crippen molar-refractivity contribution >= 4 is 5.91 Å². The van der Waals surface area contributed by atoms with Gasteiger partial charge in [0.2, 0.25) is 0 Å². The molecule has 0 aliphatic carbocycles. The molecule has 0 aliphatic rings. The molecule has 0 unspecified atom stereocenters. The molecule has 2 N–H and O–H groups in total. The van der Waals surface area contributed by atoms with Gasteiger partial charge in [0.25, 0.3) is 11.5 Å². The summed E-state index contributed by atoms with van der Waals surface area (Å²) in [4.78, 5) is 26.3. The van der Waals surface area contributed by atoms with Gasteiger partial charge in [-0.05, 0) is 12.1 Å². The van der Waals surface area contributed by atoms with E-state index in [0.717, 1.165) is 16.7 Å². The van der Waals surface area contributed by atoms with Gasteiger partial charge in [-0.25, -0.2) is 13.8 Å². The molecule has 0 fully saturated rings. The number of rotatable bonds is 2. The lowest BCUT2D eigenvalue weighted by atomic mass is 10.3. The number of carbonyl (C=O) groups excluding carboxylic acids is 1. The van der Waals surface area contributed by atoms with Crippen molar-refractivity contribution in [2.75, 3.05) is 0 Å². The molecule has 0 aliphatic heterocycles. The summed E-state index contributed by atoms with van der Waals surface area (Å²) in [7, 11) is 0. The zero-order valence-electron chi connectivity index (χ0n) is 8.93. The molecule has 7 heteroatoms. The third kappa shape index (κ3) is 1.97. The zero-order chi connectivity index (χ0) is 13.3. The average Bonchev–Trinajstić information content (AvgIpc) is 2.33. The van der Waals surface area contributed by atoms with Crippen molar-refractivity contribution in [2.24, 2.45) is 5.73 Å². The molecule has 0 radical (unpaired) electrons. The Morgan fingerprint density at radius 2 is 2.00 bits per heavy atom. The Labute approximate surface area is 99.5 Å². The highest BCUT2D eigenvalue weighted by Gasteiger charge is 2.12. The average molecular weight is 251 g/mol. The van der Waals surface area contributed by atoms with E-state index in [9.17, 15) is 18.4 Å². The monoisotopic (exact) mass is 251 g/mol. The second kappa shape index (κ2) is 4.36. The molecule has 0 saturated heterocycles. The van der Waals surface area contributed by atoms with Gasteiger partial charge in [-0.3, -0.25) is 14.2 Å². The molecular formula is C11H7F2N3O2. The second-order valence-corrected chi connectivity index (χ2v) is 3.41. The first-order valence-electron chi connectivity index (χ1n) is 4.83. The van der Waals surface area contributed by atoms with Crippen LogP contribution in [0, 0.1) is 11.6 Å². The number of benzene rings is 1. The summed E-state index contributed by atoms with van der Waals surface area (Å²) >= 11 is 0. The van der Waals surface area contributed by atoms with Crippen LogP contribution < -0.4 is 11.3 Å². The van der Waals surface area contributed by atoms with Gasteiger partial charge in [-0.2, -0.15) is 0 Å². The maximum absolute atomic E-state index is 13.1. The SMILES string of the molecule is NC(=O)c1nccn(-c2ccc(F)c(F)c2)c1=O. The minimum Gasteiger partial charge on any atom is -0.364 e. The Morgan fingerprint density at radius 3 is 2.61 bits per heavy atom. The van der Waals surface area contributed by atoms with Crippen LogP contribution in [0.15, 0.2) is 35.4 Å². The van der Waals surface area contributed by atoms with Crippen LogP contribution in [-0.2, 0) is 0 Å². The van der Waals surface area contributed by atoms with Gasteiger partial charge < -0.3 is 5.73 Å². The number of aromatic nitrogens is 2. The Morgan fingerprint density at radius 1 is 1.28 bits per heavy atom. The molecule has 18 heavy (non-hydrogen) atoms. The van der Waals surface area contributed by atoms with Crippen molar-refractivity contribution in [2.45, 2.75) is 0 Å². The number of amides is 1. The van der Waals surface area contributed by atoms with Gasteiger partial charge in [-0.1, -0.05) is 0 Å². The molecule has 0 saturated carbocycles. The topological polar surface area (TPSA) is 78.0 Å². The molecule has 2 aromatic rings. The van der Waals surface area contributed by atoms with Crippen LogP contribution in [0.2, 0.25) is 0 Å². The first kappa shape index (κ1) is 11.9. The summed E-state index contributed by atoms with van der Waals surface area (Å²) in [6.45, 7) is 0. The van der Waals surface area contributed by atoms with Gasteiger partial charge >= 0.3 is 0 Å². The first-order valence-corrected chi connectivity index (χ1v) is 4.83. The highest BCUT2D eigenvalue weighted by atomic mass is 19.2. The summed E-state index contributed by atoms with van der Waals surface area (Å²) in [6, 6.07) is 2.91. The van der Waals surface area contributed by atoms with Crippen molar-refractivity contribution < 1.29 is 13.6 Å². The van der Waals surface area contributed by atoms with Crippen molar-refractivity contribution in [3.05, 3.63) is 58.3 Å². The highest BCUT2D eigenvalue weighted by Crippen LogP contribution is 2.11. The smallest absolute Gasteiger partial charge is 0.286 e. The van der Waals surface area contributed by atoms with Crippen LogP contribution >= 0.6 is 0 Å². The molecule has 1 heterocycles. The van der Waals surface area contributed by atoms with Crippen LogP contribution in [0.5, 0.6) is 0 Å². The summed E-state index contributed by atoms with van der Waals surface area (Å²) in [5.41, 5.74) is 3.77. The maximum atomic E-state index is 13.1. The fourth-order valence-electron chi connectivity index (χ4n) is 1.42. The maximum Gasteiger partial charge on any atom is 0.286 e. The number of nitrogens with zero attached hydrogens (tertiary/aromatic N) is 2. The minimum atomic E-state index is -1.10. The van der Waals surface area contributed by atoms with Gasteiger partial charge in [0.1, 0.15) is 0 Å². The number of hydrogen-bond donors (Lipinski definition) is 1. The van der Waals surface area contributed by atoms with Crippen LogP contribution in [0.4, 0.5) is 8.78 Å². The predicted octanol–water partition coefficient (Wildman–Crippen LogP) is 0.610. The number of carbonyl (C=O) groups is 1. The minimum absolute atomic E-state index is 0.0730. The largest absolute Gasteiger partial charge is 0.364 e. The molecule has 1 amide bonds. The molecule has 1 aromatic carbocycles. The molecule has 0 atom stereocenters. The van der Waals surface area contributed by atoms with Gasteiger partial charge in [0.05, 0.1) is 5.69 Å². The number of nitrogens with two attached hydrogens (primary N) is 1.